The molecular weight excluding hydrogens is 331 g/mol. The van der Waals surface area contributed by atoms with E-state index in [1.165, 1.54) is 31.2 Å². The van der Waals surface area contributed by atoms with E-state index in [4.69, 9.17) is 0 Å². The number of nitrogens with zero attached hydrogens (tertiary/aromatic N) is 1. The largest absolute Gasteiger partial charge is 0.460 e. The van der Waals surface area contributed by atoms with Gasteiger partial charge >= 0.3 is 12.1 Å². The Morgan fingerprint density at radius 2 is 1.57 bits per heavy atom. The van der Waals surface area contributed by atoms with Gasteiger partial charge in [0.1, 0.15) is 5.69 Å². The zero-order valence-corrected chi connectivity index (χ0v) is 11.4. The number of hydrogen-bond donors (Lipinski definition) is 0. The molecule has 2 nitrogen and oxygen atoms in total. The molecule has 124 valence electrons. The van der Waals surface area contributed by atoms with Crippen molar-refractivity contribution in [2.75, 3.05) is 0 Å². The molecule has 0 spiro atoms. The van der Waals surface area contributed by atoms with Crippen LogP contribution in [-0.2, 0) is 0 Å². The third-order valence-corrected chi connectivity index (χ3v) is 2.81. The van der Waals surface area contributed by atoms with Gasteiger partial charge in [0.2, 0.25) is 11.7 Å². The standard InChI is InChI=1S/C14H8F7NO/c1-7-22-10(8-5-3-2-4-6-8)11(23-7)9(15)12(16)13(17,18)14(19,20)21/h2-6H,1H3. The molecule has 2 rings (SSSR count). The van der Waals surface area contributed by atoms with Crippen LogP contribution in [0.25, 0.3) is 17.1 Å². The maximum absolute atomic E-state index is 13.9. The van der Waals surface area contributed by atoms with Crippen LogP contribution in [0.5, 0.6) is 0 Å². The smallest absolute Gasteiger partial charge is 0.438 e. The first kappa shape index (κ1) is 17.0. The predicted octanol–water partition coefficient (Wildman–Crippen LogP) is 5.46. The molecule has 23 heavy (non-hydrogen) atoms. The van der Waals surface area contributed by atoms with Crippen LogP contribution in [0.4, 0.5) is 30.7 Å². The van der Waals surface area contributed by atoms with Crippen molar-refractivity contribution < 1.29 is 35.2 Å². The van der Waals surface area contributed by atoms with E-state index in [2.05, 4.69) is 9.40 Å². The lowest BCUT2D eigenvalue weighted by Gasteiger charge is -2.17. The average molecular weight is 339 g/mol. The molecular formula is C14H8F7NO. The number of aromatic nitrogens is 1. The van der Waals surface area contributed by atoms with Gasteiger partial charge in [-0.1, -0.05) is 30.3 Å². The summed E-state index contributed by atoms with van der Waals surface area (Å²) in [5.74, 6) is -13.1. The SMILES string of the molecule is Cc1nc(-c2ccccc2)c(C(F)=C(F)C(F)(F)C(F)(F)F)o1. The zero-order chi connectivity index (χ0) is 17.4. The van der Waals surface area contributed by atoms with E-state index < -0.39 is 29.5 Å². The summed E-state index contributed by atoms with van der Waals surface area (Å²) in [6.07, 6.45) is -6.28. The summed E-state index contributed by atoms with van der Waals surface area (Å²) in [4.78, 5) is 3.69. The van der Waals surface area contributed by atoms with Gasteiger partial charge in [-0.05, 0) is 0 Å². The fraction of sp³-hybridized carbons (Fsp3) is 0.214. The second-order valence-electron chi connectivity index (χ2n) is 4.48. The molecule has 2 aromatic rings. The minimum atomic E-state index is -6.28. The first-order valence-corrected chi connectivity index (χ1v) is 6.09. The van der Waals surface area contributed by atoms with E-state index in [1.807, 2.05) is 0 Å². The van der Waals surface area contributed by atoms with Crippen molar-refractivity contribution in [2.24, 2.45) is 0 Å². The van der Waals surface area contributed by atoms with Gasteiger partial charge in [0.05, 0.1) is 0 Å². The second-order valence-corrected chi connectivity index (χ2v) is 4.48. The number of aryl methyl sites for hydroxylation is 1. The number of benzene rings is 1. The van der Waals surface area contributed by atoms with E-state index in [-0.39, 0.29) is 17.1 Å². The van der Waals surface area contributed by atoms with Gasteiger partial charge in [-0.3, -0.25) is 0 Å². The third-order valence-electron chi connectivity index (χ3n) is 2.81. The van der Waals surface area contributed by atoms with Gasteiger partial charge in [-0.15, -0.1) is 0 Å². The molecule has 9 heteroatoms. The Hall–Kier alpha value is -2.32. The van der Waals surface area contributed by atoms with Crippen molar-refractivity contribution in [3.8, 4) is 11.3 Å². The highest BCUT2D eigenvalue weighted by Gasteiger charge is 2.62. The van der Waals surface area contributed by atoms with Crippen molar-refractivity contribution >= 4 is 5.83 Å². The van der Waals surface area contributed by atoms with Crippen LogP contribution in [0, 0.1) is 6.92 Å². The number of halogens is 7. The van der Waals surface area contributed by atoms with E-state index in [9.17, 15) is 30.7 Å². The van der Waals surface area contributed by atoms with Crippen LogP contribution >= 0.6 is 0 Å². The Kier molecular flexibility index (Phi) is 4.23. The predicted molar refractivity (Wildman–Crippen MR) is 66.8 cm³/mol. The summed E-state index contributed by atoms with van der Waals surface area (Å²) in [6, 6.07) is 7.33. The van der Waals surface area contributed by atoms with Gasteiger partial charge < -0.3 is 4.42 Å². The summed E-state index contributed by atoms with van der Waals surface area (Å²) in [5, 5.41) is 0. The molecule has 0 amide bonds. The molecule has 0 N–H and O–H groups in total. The highest BCUT2D eigenvalue weighted by molar-refractivity contribution is 5.74. The topological polar surface area (TPSA) is 26.0 Å². The maximum atomic E-state index is 13.9. The van der Waals surface area contributed by atoms with Gasteiger partial charge in [0, 0.05) is 12.5 Å². The van der Waals surface area contributed by atoms with Gasteiger partial charge in [0.15, 0.2) is 11.7 Å². The van der Waals surface area contributed by atoms with Crippen LogP contribution in [0.1, 0.15) is 11.7 Å². The molecule has 0 unspecified atom stereocenters. The first-order valence-electron chi connectivity index (χ1n) is 6.09. The zero-order valence-electron chi connectivity index (χ0n) is 11.4. The third kappa shape index (κ3) is 3.08. The Balaban J connectivity index is 2.61. The van der Waals surface area contributed by atoms with Crippen LogP contribution < -0.4 is 0 Å². The molecule has 0 saturated heterocycles. The van der Waals surface area contributed by atoms with Crippen molar-refractivity contribution in [2.45, 2.75) is 19.0 Å². The Morgan fingerprint density at radius 1 is 1.00 bits per heavy atom. The monoisotopic (exact) mass is 339 g/mol. The molecule has 0 bridgehead atoms. The van der Waals surface area contributed by atoms with E-state index >= 15 is 0 Å². The first-order chi connectivity index (χ1) is 10.6. The molecule has 0 saturated carbocycles. The van der Waals surface area contributed by atoms with Crippen LogP contribution in [0.2, 0.25) is 0 Å². The number of hydrogen-bond acceptors (Lipinski definition) is 2. The lowest BCUT2D eigenvalue weighted by molar-refractivity contribution is -0.270. The molecule has 0 aliphatic carbocycles. The number of rotatable bonds is 3. The van der Waals surface area contributed by atoms with Crippen LogP contribution in [-0.4, -0.2) is 17.1 Å². The fourth-order valence-corrected chi connectivity index (χ4v) is 1.73. The maximum Gasteiger partial charge on any atom is 0.460 e. The van der Waals surface area contributed by atoms with Crippen LogP contribution in [0.3, 0.4) is 0 Å². The quantitative estimate of drug-likeness (QED) is 0.695. The van der Waals surface area contributed by atoms with Crippen molar-refractivity contribution in [3.05, 3.63) is 47.8 Å². The molecule has 1 aromatic carbocycles. The minimum Gasteiger partial charge on any atom is -0.438 e. The number of alkyl halides is 5. The van der Waals surface area contributed by atoms with E-state index in [0.29, 0.717) is 0 Å². The van der Waals surface area contributed by atoms with Crippen molar-refractivity contribution in [1.29, 1.82) is 0 Å². The molecule has 0 aliphatic heterocycles. The van der Waals surface area contributed by atoms with Crippen LogP contribution in [0.15, 0.2) is 40.6 Å². The lowest BCUT2D eigenvalue weighted by atomic mass is 10.1. The van der Waals surface area contributed by atoms with Gasteiger partial charge in [0.25, 0.3) is 0 Å². The average Bonchev–Trinajstić information content (AvgIpc) is 2.87. The molecule has 0 atom stereocenters. The normalized spacial score (nSPS) is 13.9. The summed E-state index contributed by atoms with van der Waals surface area (Å²) in [7, 11) is 0. The fourth-order valence-electron chi connectivity index (χ4n) is 1.73. The molecule has 0 aliphatic rings. The summed E-state index contributed by atoms with van der Waals surface area (Å²) in [5.41, 5.74) is -0.216. The van der Waals surface area contributed by atoms with E-state index in [0.717, 1.165) is 0 Å². The molecule has 1 aromatic heterocycles. The number of oxazole rings is 1. The molecule has 1 heterocycles. The highest BCUT2D eigenvalue weighted by atomic mass is 19.4. The van der Waals surface area contributed by atoms with E-state index in [1.54, 1.807) is 6.07 Å². The Labute approximate surface area is 125 Å². The molecule has 0 fully saturated rings. The van der Waals surface area contributed by atoms with Crippen molar-refractivity contribution in [1.82, 2.24) is 4.98 Å². The summed E-state index contributed by atoms with van der Waals surface area (Å²) in [6.45, 7) is 1.21. The number of allylic oxidation sites excluding steroid dienone is 1. The van der Waals surface area contributed by atoms with Crippen molar-refractivity contribution in [3.63, 3.8) is 0 Å². The Bertz CT molecular complexity index is 731. The summed E-state index contributed by atoms with van der Waals surface area (Å²) >= 11 is 0. The lowest BCUT2D eigenvalue weighted by Crippen LogP contribution is -2.37. The van der Waals surface area contributed by atoms with Gasteiger partial charge in [-0.2, -0.15) is 26.3 Å². The Morgan fingerprint density at radius 3 is 2.09 bits per heavy atom. The second kappa shape index (κ2) is 5.71. The summed E-state index contributed by atoms with van der Waals surface area (Å²) < 4.78 is 94.3. The highest BCUT2D eigenvalue weighted by Crippen LogP contribution is 2.45. The molecule has 0 radical (unpaired) electrons. The minimum absolute atomic E-state index is 0.164. The van der Waals surface area contributed by atoms with Gasteiger partial charge in [-0.25, -0.2) is 9.37 Å².